The zero-order chi connectivity index (χ0) is 36.9. The molecule has 0 aliphatic carbocycles. The van der Waals surface area contributed by atoms with Gasteiger partial charge >= 0.3 is 42.0 Å². The van der Waals surface area contributed by atoms with Crippen LogP contribution in [0.5, 0.6) is 0 Å². The fourth-order valence-corrected chi connectivity index (χ4v) is 6.34. The van der Waals surface area contributed by atoms with Gasteiger partial charge in [0.2, 0.25) is 5.91 Å². The smallest absolute Gasteiger partial charge is 0.411 e. The second-order valence-corrected chi connectivity index (χ2v) is 11.9. The molecule has 0 spiro atoms. The number of rotatable bonds is 12. The molecule has 8 amide bonds. The lowest BCUT2D eigenvalue weighted by Gasteiger charge is -2.49. The molecule has 3 aliphatic heterocycles. The number of benzene rings is 1. The molecule has 0 radical (unpaired) electrons. The van der Waals surface area contributed by atoms with E-state index in [9.17, 15) is 48.3 Å². The molecule has 4 atom stereocenters. The lowest BCUT2D eigenvalue weighted by Crippen LogP contribution is -2.71. The SMILES string of the molecule is CCN1CCN(C(=O)N[C@H](C(=O)N[C@@H]2C(=O)N3C(C(=O)O)=C(COC(N)=O)CS[C@H]23)c2ccc(NC(=O)OC[C@@H](N)C(=O)O)cc2)C(=O)C1=O. The molecule has 22 heteroatoms. The Morgan fingerprint density at radius 2 is 1.70 bits per heavy atom. The van der Waals surface area contributed by atoms with Gasteiger partial charge in [-0.25, -0.2) is 19.2 Å². The highest BCUT2D eigenvalue weighted by Gasteiger charge is 2.54. The van der Waals surface area contributed by atoms with E-state index < -0.39 is 96.2 Å². The van der Waals surface area contributed by atoms with Crippen LogP contribution in [-0.4, -0.2) is 135 Å². The molecule has 0 saturated carbocycles. The van der Waals surface area contributed by atoms with Crippen LogP contribution in [0.25, 0.3) is 0 Å². The predicted octanol–water partition coefficient (Wildman–Crippen LogP) is -2.08. The summed E-state index contributed by atoms with van der Waals surface area (Å²) in [6.45, 7) is 0.673. The van der Waals surface area contributed by atoms with Crippen molar-refractivity contribution >= 4 is 71.2 Å². The fourth-order valence-electron chi connectivity index (χ4n) is 5.01. The molecule has 2 fully saturated rings. The van der Waals surface area contributed by atoms with Crippen LogP contribution in [0.2, 0.25) is 0 Å². The van der Waals surface area contributed by atoms with Crippen molar-refractivity contribution < 1.29 is 62.8 Å². The van der Waals surface area contributed by atoms with Gasteiger partial charge < -0.3 is 46.7 Å². The standard InChI is InChI=1S/C28H32N8O13S/c1-2-34-7-8-35(22(40)21(34)39)27(46)33-16(12-3-5-14(6-4-12)31-28(47)49-10-15(29)24(41)42)19(37)32-17-20(38)36-18(25(43)44)13(9-48-26(30)45)11-50-23(17)36/h3-6,15-17,23H,2,7-11,29H2,1H3,(H2,30,45)(H,31,47)(H,32,37)(H,33,46)(H,41,42)(H,43,44)/t15-,16+,17-,23-/m1/s1. The number of carboxylic acid groups (broad SMARTS) is 2. The number of nitrogens with two attached hydrogens (primary N) is 2. The molecule has 21 nitrogen and oxygen atoms in total. The minimum atomic E-state index is -1.59. The van der Waals surface area contributed by atoms with Gasteiger partial charge in [-0.2, -0.15) is 0 Å². The van der Waals surface area contributed by atoms with Crippen LogP contribution in [-0.2, 0) is 38.2 Å². The average molecular weight is 721 g/mol. The monoisotopic (exact) mass is 720 g/mol. The number of hydrogen-bond donors (Lipinski definition) is 7. The minimum absolute atomic E-state index is 0.00884. The number of carbonyl (C=O) groups excluding carboxylic acids is 7. The third-order valence-electron chi connectivity index (χ3n) is 7.60. The maximum Gasteiger partial charge on any atom is 0.411 e. The highest BCUT2D eigenvalue weighted by atomic mass is 32.2. The molecule has 1 aromatic carbocycles. The van der Waals surface area contributed by atoms with E-state index in [0.717, 1.165) is 16.7 Å². The van der Waals surface area contributed by atoms with Crippen LogP contribution in [0.1, 0.15) is 18.5 Å². The first-order chi connectivity index (χ1) is 23.6. The zero-order valence-electron chi connectivity index (χ0n) is 26.2. The number of carboxylic acids is 2. The lowest BCUT2D eigenvalue weighted by molar-refractivity contribution is -0.153. The van der Waals surface area contributed by atoms with Gasteiger partial charge in [0.1, 0.15) is 42.4 Å². The summed E-state index contributed by atoms with van der Waals surface area (Å²) in [6, 6.07) is -0.161. The molecule has 268 valence electrons. The summed E-state index contributed by atoms with van der Waals surface area (Å²) in [4.78, 5) is 114. The number of amides is 8. The number of β-lactam (4-membered cyclic amide) rings is 1. The first kappa shape index (κ1) is 36.9. The Morgan fingerprint density at radius 3 is 2.30 bits per heavy atom. The second-order valence-electron chi connectivity index (χ2n) is 10.8. The Labute approximate surface area is 286 Å². The van der Waals surface area contributed by atoms with Gasteiger partial charge in [0, 0.05) is 36.6 Å². The van der Waals surface area contributed by atoms with Gasteiger partial charge in [0.05, 0.1) is 0 Å². The normalized spacial score (nSPS) is 19.8. The van der Waals surface area contributed by atoms with Gasteiger partial charge in [-0.1, -0.05) is 12.1 Å². The van der Waals surface area contributed by atoms with Gasteiger partial charge in [0.15, 0.2) is 0 Å². The summed E-state index contributed by atoms with van der Waals surface area (Å²) in [5.74, 6) is -6.66. The van der Waals surface area contributed by atoms with Crippen molar-refractivity contribution in [2.24, 2.45) is 11.5 Å². The molecule has 50 heavy (non-hydrogen) atoms. The van der Waals surface area contributed by atoms with Gasteiger partial charge in [0.25, 0.3) is 5.91 Å². The number of imide groups is 1. The van der Waals surface area contributed by atoms with Crippen molar-refractivity contribution in [2.75, 3.05) is 43.9 Å². The number of fused-ring (bicyclic) bond motifs is 1. The Kier molecular flexibility index (Phi) is 11.5. The quantitative estimate of drug-likeness (QED) is 0.0900. The number of nitrogens with one attached hydrogen (secondary N) is 3. The van der Waals surface area contributed by atoms with E-state index in [1.807, 2.05) is 0 Å². The molecule has 2 saturated heterocycles. The minimum Gasteiger partial charge on any atom is -0.480 e. The highest BCUT2D eigenvalue weighted by molar-refractivity contribution is 8.00. The zero-order valence-corrected chi connectivity index (χ0v) is 27.0. The van der Waals surface area contributed by atoms with Crippen LogP contribution in [0.15, 0.2) is 35.5 Å². The van der Waals surface area contributed by atoms with Crippen molar-refractivity contribution in [1.29, 1.82) is 0 Å². The van der Waals surface area contributed by atoms with Crippen molar-refractivity contribution in [3.8, 4) is 0 Å². The first-order valence-electron chi connectivity index (χ1n) is 14.7. The molecule has 0 bridgehead atoms. The Balaban J connectivity index is 1.53. The molecule has 1 aromatic rings. The summed E-state index contributed by atoms with van der Waals surface area (Å²) in [5, 5.41) is 24.9. The number of likely N-dealkylation sites (N-methyl/N-ethyl adjacent to an activating group) is 1. The first-order valence-corrected chi connectivity index (χ1v) is 15.7. The van der Waals surface area contributed by atoms with Crippen molar-refractivity contribution in [3.05, 3.63) is 41.1 Å². The molecule has 9 N–H and O–H groups in total. The fraction of sp³-hybridized carbons (Fsp3) is 0.393. The number of thioether (sulfide) groups is 1. The number of nitrogens with zero attached hydrogens (tertiary/aromatic N) is 3. The molecular weight excluding hydrogens is 688 g/mol. The summed E-state index contributed by atoms with van der Waals surface area (Å²) in [7, 11) is 0. The third-order valence-corrected chi connectivity index (χ3v) is 8.94. The highest BCUT2D eigenvalue weighted by Crippen LogP contribution is 2.40. The van der Waals surface area contributed by atoms with Gasteiger partial charge in [-0.15, -0.1) is 11.8 Å². The van der Waals surface area contributed by atoms with Crippen LogP contribution in [0.4, 0.5) is 20.1 Å². The van der Waals surface area contributed by atoms with E-state index in [1.54, 1.807) is 6.92 Å². The predicted molar refractivity (Wildman–Crippen MR) is 167 cm³/mol. The van der Waals surface area contributed by atoms with Gasteiger partial charge in [-0.3, -0.25) is 39.1 Å². The summed E-state index contributed by atoms with van der Waals surface area (Å²) in [6.07, 6.45) is -2.19. The maximum absolute atomic E-state index is 13.7. The maximum atomic E-state index is 13.7. The van der Waals surface area contributed by atoms with Crippen LogP contribution >= 0.6 is 11.8 Å². The average Bonchev–Trinajstić information content (AvgIpc) is 3.08. The van der Waals surface area contributed by atoms with E-state index in [-0.39, 0.29) is 42.2 Å². The van der Waals surface area contributed by atoms with Crippen LogP contribution in [0.3, 0.4) is 0 Å². The second kappa shape index (κ2) is 15.5. The van der Waals surface area contributed by atoms with Crippen molar-refractivity contribution in [3.63, 3.8) is 0 Å². The van der Waals surface area contributed by atoms with E-state index in [4.69, 9.17) is 26.0 Å². The summed E-state index contributed by atoms with van der Waals surface area (Å²) < 4.78 is 9.46. The number of aliphatic carboxylic acids is 2. The summed E-state index contributed by atoms with van der Waals surface area (Å²) >= 11 is 1.07. The number of urea groups is 1. The lowest BCUT2D eigenvalue weighted by atomic mass is 10.0. The number of primary amides is 1. The molecular formula is C28H32N8O13S. The van der Waals surface area contributed by atoms with Crippen LogP contribution < -0.4 is 27.4 Å². The van der Waals surface area contributed by atoms with E-state index in [2.05, 4.69) is 16.0 Å². The number of ether oxygens (including phenoxy) is 2. The Morgan fingerprint density at radius 1 is 1.02 bits per heavy atom. The largest absolute Gasteiger partial charge is 0.480 e. The van der Waals surface area contributed by atoms with Gasteiger partial charge in [-0.05, 0) is 24.6 Å². The molecule has 0 aromatic heterocycles. The third kappa shape index (κ3) is 8.03. The summed E-state index contributed by atoms with van der Waals surface area (Å²) in [5.41, 5.74) is 10.2. The molecule has 4 rings (SSSR count). The number of hydrogen-bond acceptors (Lipinski definition) is 13. The topological polar surface area (TPSA) is 310 Å². The van der Waals surface area contributed by atoms with E-state index in [1.165, 1.54) is 29.2 Å². The van der Waals surface area contributed by atoms with Crippen LogP contribution in [0, 0.1) is 0 Å². The van der Waals surface area contributed by atoms with E-state index >= 15 is 0 Å². The molecule has 3 heterocycles. The van der Waals surface area contributed by atoms with Crippen molar-refractivity contribution in [2.45, 2.75) is 30.4 Å². The number of piperazine rings is 1. The number of anilines is 1. The van der Waals surface area contributed by atoms with Crippen molar-refractivity contribution in [1.82, 2.24) is 25.3 Å². The molecule has 0 unspecified atom stereocenters. The molecule has 3 aliphatic rings. The van der Waals surface area contributed by atoms with E-state index in [0.29, 0.717) is 4.90 Å². The Bertz CT molecular complexity index is 1650. The Hall–Kier alpha value is -5.90. The number of carbonyl (C=O) groups is 9.